The fourth-order valence-electron chi connectivity index (χ4n) is 6.15. The van der Waals surface area contributed by atoms with Crippen molar-refractivity contribution in [3.05, 3.63) is 131 Å². The van der Waals surface area contributed by atoms with Crippen LogP contribution in [-0.4, -0.2) is 41.5 Å². The van der Waals surface area contributed by atoms with Crippen LogP contribution in [0.3, 0.4) is 0 Å². The van der Waals surface area contributed by atoms with Crippen LogP contribution in [0.2, 0.25) is 0 Å². The Hall–Kier alpha value is -4.54. The number of ether oxygens (including phenoxy) is 2. The van der Waals surface area contributed by atoms with Crippen LogP contribution < -0.4 is 16.4 Å². The maximum atomic E-state index is 12.5. The van der Waals surface area contributed by atoms with E-state index in [-0.39, 0.29) is 36.7 Å². The van der Waals surface area contributed by atoms with Crippen LogP contribution in [0.15, 0.2) is 103 Å². The molecule has 2 amide bonds. The third-order valence-electron chi connectivity index (χ3n) is 9.33. The number of amides is 2. The van der Waals surface area contributed by atoms with E-state index >= 15 is 0 Å². The van der Waals surface area contributed by atoms with Crippen LogP contribution in [-0.2, 0) is 32.2 Å². The Labute approximate surface area is 295 Å². The van der Waals surface area contributed by atoms with Crippen molar-refractivity contribution in [2.45, 2.75) is 83.1 Å². The molecule has 0 bridgehead atoms. The molecule has 1 aliphatic rings. The fourth-order valence-corrected chi connectivity index (χ4v) is 6.15. The Morgan fingerprint density at radius 3 is 2.16 bits per heavy atom. The van der Waals surface area contributed by atoms with E-state index in [2.05, 4.69) is 53.8 Å². The minimum Gasteiger partial charge on any atom is -0.397 e. The Morgan fingerprint density at radius 1 is 0.820 bits per heavy atom. The molecule has 9 heteroatoms. The lowest BCUT2D eigenvalue weighted by molar-refractivity contribution is -0.253. The van der Waals surface area contributed by atoms with Crippen LogP contribution in [0.5, 0.6) is 0 Å². The first-order chi connectivity index (χ1) is 24.3. The van der Waals surface area contributed by atoms with E-state index in [0.29, 0.717) is 50.0 Å². The van der Waals surface area contributed by atoms with Gasteiger partial charge in [0.2, 0.25) is 11.8 Å². The minimum absolute atomic E-state index is 0.00133. The van der Waals surface area contributed by atoms with E-state index < -0.39 is 6.29 Å². The number of rotatable bonds is 16. The number of nitrogen functional groups attached to an aromatic ring is 1. The second kappa shape index (κ2) is 18.5. The van der Waals surface area contributed by atoms with Crippen molar-refractivity contribution < 1.29 is 24.2 Å². The van der Waals surface area contributed by atoms with Crippen LogP contribution in [0.25, 0.3) is 0 Å². The van der Waals surface area contributed by atoms with Crippen molar-refractivity contribution in [2.24, 2.45) is 0 Å². The molecule has 0 saturated carbocycles. The van der Waals surface area contributed by atoms with Gasteiger partial charge in [0.15, 0.2) is 6.29 Å². The molecule has 0 unspecified atom stereocenters. The quantitative estimate of drug-likeness (QED) is 0.0729. The molecule has 4 aromatic rings. The van der Waals surface area contributed by atoms with Crippen LogP contribution in [0.4, 0.5) is 11.4 Å². The maximum absolute atomic E-state index is 12.5. The molecule has 0 spiro atoms. The summed E-state index contributed by atoms with van der Waals surface area (Å²) in [7, 11) is 2.13. The van der Waals surface area contributed by atoms with Crippen molar-refractivity contribution in [3.63, 3.8) is 0 Å². The van der Waals surface area contributed by atoms with Crippen LogP contribution in [0.1, 0.15) is 91.7 Å². The monoisotopic (exact) mass is 678 g/mol. The Balaban J connectivity index is 1.10. The molecule has 1 aliphatic heterocycles. The Morgan fingerprint density at radius 2 is 1.46 bits per heavy atom. The van der Waals surface area contributed by atoms with Gasteiger partial charge in [-0.2, -0.15) is 0 Å². The van der Waals surface area contributed by atoms with Crippen molar-refractivity contribution >= 4 is 23.2 Å². The van der Waals surface area contributed by atoms with E-state index in [1.807, 2.05) is 66.7 Å². The summed E-state index contributed by atoms with van der Waals surface area (Å²) in [5, 5.41) is 15.4. The zero-order valence-corrected chi connectivity index (χ0v) is 29.1. The van der Waals surface area contributed by atoms with Gasteiger partial charge in [-0.25, -0.2) is 0 Å². The normalized spacial score (nSPS) is 18.0. The zero-order chi connectivity index (χ0) is 35.3. The fraction of sp³-hybridized carbons (Fsp3) is 0.366. The number of carbonyl (C=O) groups excluding carboxylic acids is 2. The average molecular weight is 679 g/mol. The van der Waals surface area contributed by atoms with E-state index in [4.69, 9.17) is 15.2 Å². The molecule has 5 N–H and O–H groups in total. The number of para-hydroxylation sites is 2. The molecule has 1 heterocycles. The maximum Gasteiger partial charge on any atom is 0.224 e. The summed E-state index contributed by atoms with van der Waals surface area (Å²) in [6.45, 7) is 3.37. The van der Waals surface area contributed by atoms with E-state index in [9.17, 15) is 14.7 Å². The summed E-state index contributed by atoms with van der Waals surface area (Å²) in [5.74, 6) is -0.0890. The van der Waals surface area contributed by atoms with Crippen LogP contribution >= 0.6 is 0 Å². The third-order valence-corrected chi connectivity index (χ3v) is 9.33. The van der Waals surface area contributed by atoms with Crippen molar-refractivity contribution in [1.82, 2.24) is 10.2 Å². The van der Waals surface area contributed by atoms with E-state index in [0.717, 1.165) is 35.2 Å². The highest BCUT2D eigenvalue weighted by Gasteiger charge is 2.33. The van der Waals surface area contributed by atoms with Crippen molar-refractivity contribution in [2.75, 3.05) is 24.6 Å². The van der Waals surface area contributed by atoms with Gasteiger partial charge in [0.1, 0.15) is 0 Å². The molecule has 0 aromatic heterocycles. The highest BCUT2D eigenvalue weighted by Crippen LogP contribution is 2.38. The minimum atomic E-state index is -0.549. The number of unbranched alkanes of at least 4 members (excludes halogenated alkanes) is 2. The second-order valence-corrected chi connectivity index (χ2v) is 13.1. The van der Waals surface area contributed by atoms with Gasteiger partial charge in [-0.15, -0.1) is 0 Å². The summed E-state index contributed by atoms with van der Waals surface area (Å²) < 4.78 is 13.1. The number of aliphatic hydroxyl groups is 1. The lowest BCUT2D eigenvalue weighted by atomic mass is 9.99. The van der Waals surface area contributed by atoms with Crippen molar-refractivity contribution in [1.29, 1.82) is 0 Å². The number of hydrogen-bond donors (Lipinski definition) is 4. The van der Waals surface area contributed by atoms with Gasteiger partial charge in [0.25, 0.3) is 0 Å². The number of nitrogens with one attached hydrogen (secondary N) is 2. The standard InChI is InChI=1S/C41H50N4O5/c1-29(32-11-5-3-6-12-32)45(2)27-35-25-38(33-21-19-31(28-46)20-22-33)50-41(49-35)34-23-17-30(18-24-34)26-43-39(47)15-7-4-8-16-40(48)44-37-14-10-9-13-36(37)42/h3,5-6,9-14,17-24,29,35,38,41,46H,4,7-8,15-16,25-28,42H2,1-2H3,(H,43,47)(H,44,48)/t29-,35-,38+,41+/m0/s1. The summed E-state index contributed by atoms with van der Waals surface area (Å²) in [6.07, 6.45) is 2.94. The molecule has 4 aromatic carbocycles. The zero-order valence-electron chi connectivity index (χ0n) is 29.1. The second-order valence-electron chi connectivity index (χ2n) is 13.1. The number of nitrogens with two attached hydrogens (primary N) is 1. The van der Waals surface area contributed by atoms with Gasteiger partial charge >= 0.3 is 0 Å². The van der Waals surface area contributed by atoms with E-state index in [1.54, 1.807) is 12.1 Å². The molecular formula is C41H50N4O5. The Bertz CT molecular complexity index is 1650. The summed E-state index contributed by atoms with van der Waals surface area (Å²) in [6, 6.07) is 33.8. The predicted octanol–water partition coefficient (Wildman–Crippen LogP) is 7.20. The number of likely N-dealkylation sites (N-methyl/N-ethyl adjacent to an activating group) is 1. The molecule has 5 rings (SSSR count). The number of anilines is 2. The SMILES string of the molecule is C[C@@H](c1ccccc1)N(C)C[C@@H]1C[C@H](c2ccc(CO)cc2)O[C@H](c2ccc(CNC(=O)CCCCCC(=O)Nc3ccccc3N)cc2)O1. The van der Waals surface area contributed by atoms with Gasteiger partial charge in [0, 0.05) is 44.0 Å². The lowest BCUT2D eigenvalue weighted by Crippen LogP contribution is -2.38. The number of benzene rings is 4. The molecule has 0 radical (unpaired) electrons. The van der Waals surface area contributed by atoms with Gasteiger partial charge in [-0.05, 0) is 61.2 Å². The van der Waals surface area contributed by atoms with Gasteiger partial charge in [-0.3, -0.25) is 14.5 Å². The number of hydrogen-bond acceptors (Lipinski definition) is 7. The van der Waals surface area contributed by atoms with E-state index in [1.165, 1.54) is 5.56 Å². The molecular weight excluding hydrogens is 628 g/mol. The molecule has 264 valence electrons. The predicted molar refractivity (Wildman–Crippen MR) is 197 cm³/mol. The molecule has 0 aliphatic carbocycles. The highest BCUT2D eigenvalue weighted by molar-refractivity contribution is 5.93. The third kappa shape index (κ3) is 10.7. The van der Waals surface area contributed by atoms with Gasteiger partial charge in [-0.1, -0.05) is 97.4 Å². The Kier molecular flexibility index (Phi) is 13.6. The topological polar surface area (TPSA) is 126 Å². The van der Waals surface area contributed by atoms with Crippen LogP contribution in [0, 0.1) is 0 Å². The molecule has 1 fully saturated rings. The highest BCUT2D eigenvalue weighted by atomic mass is 16.7. The van der Waals surface area contributed by atoms with Gasteiger partial charge < -0.3 is 30.9 Å². The number of nitrogens with zero attached hydrogens (tertiary/aromatic N) is 1. The summed E-state index contributed by atoms with van der Waals surface area (Å²) >= 11 is 0. The first kappa shape index (κ1) is 36.7. The number of aliphatic hydroxyl groups excluding tert-OH is 1. The largest absolute Gasteiger partial charge is 0.397 e. The first-order valence-corrected chi connectivity index (χ1v) is 17.5. The molecule has 1 saturated heterocycles. The average Bonchev–Trinajstić information content (AvgIpc) is 3.15. The van der Waals surface area contributed by atoms with Gasteiger partial charge in [0.05, 0.1) is 30.2 Å². The summed E-state index contributed by atoms with van der Waals surface area (Å²) in [4.78, 5) is 27.0. The first-order valence-electron chi connectivity index (χ1n) is 17.5. The smallest absolute Gasteiger partial charge is 0.224 e. The molecule has 50 heavy (non-hydrogen) atoms. The van der Waals surface area contributed by atoms with Crippen molar-refractivity contribution in [3.8, 4) is 0 Å². The number of carbonyl (C=O) groups is 2. The molecule has 9 nitrogen and oxygen atoms in total. The summed E-state index contributed by atoms with van der Waals surface area (Å²) in [5.41, 5.74) is 12.1. The molecule has 4 atom stereocenters. The lowest BCUT2D eigenvalue weighted by Gasteiger charge is -2.39.